The summed E-state index contributed by atoms with van der Waals surface area (Å²) >= 11 is 12.3. The Morgan fingerprint density at radius 3 is 2.21 bits per heavy atom. The molecule has 0 aliphatic heterocycles. The molecule has 8 heteroatoms. The minimum absolute atomic E-state index is 0.0845. The standard InChI is InChI=1S/C34H26Cl2N2O4/c35-24-7-6-8-26(20-24)37-30-18-17-25(36)21-29(30)33(39)38-31(34(40)41)19-22-13-15-23(16-14-22)28-11-4-5-12-32(28)42-27-9-2-1-3-10-27/h1-18,20-21,31,37H,19H2,(H,38,39)(H,40,41)/t31-/m0/s1. The van der Waals surface area contributed by atoms with E-state index in [1.165, 1.54) is 6.07 Å². The Kier molecular flexibility index (Phi) is 9.07. The molecule has 210 valence electrons. The van der Waals surface area contributed by atoms with E-state index >= 15 is 0 Å². The molecule has 1 amide bonds. The minimum atomic E-state index is -1.17. The van der Waals surface area contributed by atoms with E-state index in [1.807, 2.05) is 78.9 Å². The average Bonchev–Trinajstić information content (AvgIpc) is 2.99. The molecule has 0 aliphatic carbocycles. The van der Waals surface area contributed by atoms with Crippen molar-refractivity contribution in [2.45, 2.75) is 12.5 Å². The molecular weight excluding hydrogens is 571 g/mol. The largest absolute Gasteiger partial charge is 0.480 e. The Morgan fingerprint density at radius 1 is 0.762 bits per heavy atom. The molecule has 0 unspecified atom stereocenters. The Morgan fingerprint density at radius 2 is 1.48 bits per heavy atom. The van der Waals surface area contributed by atoms with E-state index in [0.29, 0.717) is 27.2 Å². The van der Waals surface area contributed by atoms with Gasteiger partial charge >= 0.3 is 5.97 Å². The summed E-state index contributed by atoms with van der Waals surface area (Å²) in [5.74, 6) is -0.290. The molecule has 0 saturated heterocycles. The Balaban J connectivity index is 1.31. The highest BCUT2D eigenvalue weighted by Gasteiger charge is 2.23. The van der Waals surface area contributed by atoms with Crippen LogP contribution in [-0.4, -0.2) is 23.0 Å². The van der Waals surface area contributed by atoms with Crippen molar-refractivity contribution in [1.82, 2.24) is 5.32 Å². The lowest BCUT2D eigenvalue weighted by Crippen LogP contribution is -2.42. The number of nitrogens with one attached hydrogen (secondary N) is 2. The number of ether oxygens (including phenoxy) is 1. The van der Waals surface area contributed by atoms with E-state index in [-0.39, 0.29) is 12.0 Å². The predicted octanol–water partition coefficient (Wildman–Crippen LogP) is 8.62. The number of para-hydroxylation sites is 2. The molecule has 0 fully saturated rings. The summed E-state index contributed by atoms with van der Waals surface area (Å²) in [6.45, 7) is 0. The van der Waals surface area contributed by atoms with Crippen molar-refractivity contribution in [3.05, 3.63) is 142 Å². The van der Waals surface area contributed by atoms with Crippen LogP contribution in [0.2, 0.25) is 10.0 Å². The van der Waals surface area contributed by atoms with Crippen molar-refractivity contribution >= 4 is 46.5 Å². The molecule has 0 radical (unpaired) electrons. The SMILES string of the molecule is O=C(N[C@@H](Cc1ccc(-c2ccccc2Oc2ccccc2)cc1)C(=O)O)c1cc(Cl)ccc1Nc1cccc(Cl)c1. The van der Waals surface area contributed by atoms with Crippen LogP contribution >= 0.6 is 23.2 Å². The van der Waals surface area contributed by atoms with Gasteiger partial charge in [-0.25, -0.2) is 4.79 Å². The van der Waals surface area contributed by atoms with Crippen LogP contribution in [0.15, 0.2) is 121 Å². The van der Waals surface area contributed by atoms with Crippen molar-refractivity contribution in [2.75, 3.05) is 5.32 Å². The number of amides is 1. The first kappa shape index (κ1) is 28.7. The van der Waals surface area contributed by atoms with E-state index in [0.717, 1.165) is 22.4 Å². The third kappa shape index (κ3) is 7.29. The van der Waals surface area contributed by atoms with Crippen LogP contribution < -0.4 is 15.4 Å². The number of carbonyl (C=O) groups excluding carboxylic acids is 1. The first-order valence-electron chi connectivity index (χ1n) is 13.1. The lowest BCUT2D eigenvalue weighted by Gasteiger charge is -2.18. The Hall–Kier alpha value is -4.78. The highest BCUT2D eigenvalue weighted by molar-refractivity contribution is 6.31. The highest BCUT2D eigenvalue weighted by Crippen LogP contribution is 2.33. The summed E-state index contributed by atoms with van der Waals surface area (Å²) in [6, 6.07) is 35.4. The second-order valence-electron chi connectivity index (χ2n) is 9.50. The predicted molar refractivity (Wildman–Crippen MR) is 167 cm³/mol. The van der Waals surface area contributed by atoms with Gasteiger partial charge in [0, 0.05) is 27.7 Å². The van der Waals surface area contributed by atoms with Crippen LogP contribution in [-0.2, 0) is 11.2 Å². The topological polar surface area (TPSA) is 87.7 Å². The molecule has 0 bridgehead atoms. The van der Waals surface area contributed by atoms with E-state index < -0.39 is 17.9 Å². The van der Waals surface area contributed by atoms with Gasteiger partial charge in [-0.1, -0.05) is 89.9 Å². The first-order chi connectivity index (χ1) is 20.4. The number of aliphatic carboxylic acids is 1. The molecule has 0 heterocycles. The van der Waals surface area contributed by atoms with Gasteiger partial charge in [0.05, 0.1) is 11.3 Å². The summed E-state index contributed by atoms with van der Waals surface area (Å²) in [5.41, 5.74) is 3.90. The summed E-state index contributed by atoms with van der Waals surface area (Å²) < 4.78 is 6.09. The zero-order valence-electron chi connectivity index (χ0n) is 22.3. The van der Waals surface area contributed by atoms with Gasteiger partial charge < -0.3 is 20.5 Å². The van der Waals surface area contributed by atoms with Gasteiger partial charge in [-0.15, -0.1) is 0 Å². The van der Waals surface area contributed by atoms with E-state index in [4.69, 9.17) is 27.9 Å². The maximum Gasteiger partial charge on any atom is 0.326 e. The molecule has 0 aromatic heterocycles. The van der Waals surface area contributed by atoms with Gasteiger partial charge in [0.15, 0.2) is 0 Å². The van der Waals surface area contributed by atoms with Crippen LogP contribution in [0.3, 0.4) is 0 Å². The van der Waals surface area contributed by atoms with Crippen molar-refractivity contribution < 1.29 is 19.4 Å². The molecule has 42 heavy (non-hydrogen) atoms. The number of carbonyl (C=O) groups is 2. The van der Waals surface area contributed by atoms with Gasteiger partial charge in [-0.05, 0) is 65.7 Å². The van der Waals surface area contributed by atoms with Crippen LogP contribution in [0.5, 0.6) is 11.5 Å². The fraction of sp³-hybridized carbons (Fsp3) is 0.0588. The number of hydrogen-bond donors (Lipinski definition) is 3. The normalized spacial score (nSPS) is 11.4. The van der Waals surface area contributed by atoms with Gasteiger partial charge in [-0.2, -0.15) is 0 Å². The number of anilines is 2. The van der Waals surface area contributed by atoms with Crippen LogP contribution in [0.4, 0.5) is 11.4 Å². The van der Waals surface area contributed by atoms with Gasteiger partial charge in [0.25, 0.3) is 5.91 Å². The molecule has 6 nitrogen and oxygen atoms in total. The highest BCUT2D eigenvalue weighted by atomic mass is 35.5. The van der Waals surface area contributed by atoms with Crippen LogP contribution in [0.25, 0.3) is 11.1 Å². The van der Waals surface area contributed by atoms with Gasteiger partial charge in [-0.3, -0.25) is 4.79 Å². The average molecular weight is 597 g/mol. The van der Waals surface area contributed by atoms with Gasteiger partial charge in [0.1, 0.15) is 17.5 Å². The molecule has 3 N–H and O–H groups in total. The third-order valence-corrected chi connectivity index (χ3v) is 6.97. The van der Waals surface area contributed by atoms with Crippen LogP contribution in [0.1, 0.15) is 15.9 Å². The molecule has 0 aliphatic rings. The molecule has 0 saturated carbocycles. The summed E-state index contributed by atoms with van der Waals surface area (Å²) in [6.07, 6.45) is 0.0845. The molecule has 5 rings (SSSR count). The number of rotatable bonds is 10. The van der Waals surface area contributed by atoms with Gasteiger partial charge in [0.2, 0.25) is 0 Å². The fourth-order valence-electron chi connectivity index (χ4n) is 4.44. The molecule has 0 spiro atoms. The number of halogens is 2. The summed E-state index contributed by atoms with van der Waals surface area (Å²) in [7, 11) is 0. The van der Waals surface area contributed by atoms with Crippen LogP contribution in [0, 0.1) is 0 Å². The monoisotopic (exact) mass is 596 g/mol. The van der Waals surface area contributed by atoms with Crippen molar-refractivity contribution in [2.24, 2.45) is 0 Å². The third-order valence-electron chi connectivity index (χ3n) is 6.50. The zero-order valence-corrected chi connectivity index (χ0v) is 23.8. The second-order valence-corrected chi connectivity index (χ2v) is 10.4. The molecule has 5 aromatic carbocycles. The number of benzene rings is 5. The molecule has 1 atom stereocenters. The van der Waals surface area contributed by atoms with Crippen molar-refractivity contribution in [1.29, 1.82) is 0 Å². The lowest BCUT2D eigenvalue weighted by atomic mass is 9.99. The maximum atomic E-state index is 13.3. The number of carboxylic acids is 1. The van der Waals surface area contributed by atoms with Crippen molar-refractivity contribution in [3.63, 3.8) is 0 Å². The summed E-state index contributed by atoms with van der Waals surface area (Å²) in [5, 5.41) is 16.6. The minimum Gasteiger partial charge on any atom is -0.480 e. The zero-order chi connectivity index (χ0) is 29.5. The fourth-order valence-corrected chi connectivity index (χ4v) is 4.80. The second kappa shape index (κ2) is 13.3. The number of hydrogen-bond acceptors (Lipinski definition) is 4. The maximum absolute atomic E-state index is 13.3. The first-order valence-corrected chi connectivity index (χ1v) is 13.9. The number of carboxylic acid groups (broad SMARTS) is 1. The smallest absolute Gasteiger partial charge is 0.326 e. The summed E-state index contributed by atoms with van der Waals surface area (Å²) in [4.78, 5) is 25.5. The molecular formula is C34H26Cl2N2O4. The van der Waals surface area contributed by atoms with E-state index in [2.05, 4.69) is 10.6 Å². The lowest BCUT2D eigenvalue weighted by molar-refractivity contribution is -0.139. The molecule has 5 aromatic rings. The van der Waals surface area contributed by atoms with E-state index in [1.54, 1.807) is 36.4 Å². The Bertz CT molecular complexity index is 1710. The quantitative estimate of drug-likeness (QED) is 0.150. The van der Waals surface area contributed by atoms with E-state index in [9.17, 15) is 14.7 Å². The van der Waals surface area contributed by atoms with Crippen molar-refractivity contribution in [3.8, 4) is 22.6 Å². The Labute approximate surface area is 253 Å².